The smallest absolute Gasteiger partial charge is 0.127 e. The summed E-state index contributed by atoms with van der Waals surface area (Å²) in [5, 5.41) is 19.3. The highest BCUT2D eigenvalue weighted by Gasteiger charge is 2.05. The Morgan fingerprint density at radius 1 is 1.20 bits per heavy atom. The summed E-state index contributed by atoms with van der Waals surface area (Å²) in [5.41, 5.74) is 1.15. The van der Waals surface area contributed by atoms with E-state index in [4.69, 9.17) is 0 Å². The number of allylic oxidation sites excluding steroid dienone is 1. The molecule has 2 heteroatoms. The van der Waals surface area contributed by atoms with Crippen LogP contribution in [0.15, 0.2) is 24.8 Å². The van der Waals surface area contributed by atoms with Crippen LogP contribution in [0, 0.1) is 5.92 Å². The fraction of sp³-hybridized carbons (Fsp3) is 0.231. The van der Waals surface area contributed by atoms with Gasteiger partial charge in [-0.05, 0) is 23.6 Å². The molecule has 0 saturated heterocycles. The summed E-state index contributed by atoms with van der Waals surface area (Å²) < 4.78 is 0. The third-order valence-electron chi connectivity index (χ3n) is 2.04. The lowest BCUT2D eigenvalue weighted by Gasteiger charge is -2.05. The van der Waals surface area contributed by atoms with Crippen molar-refractivity contribution in [2.75, 3.05) is 0 Å². The summed E-state index contributed by atoms with van der Waals surface area (Å²) in [7, 11) is 0. The van der Waals surface area contributed by atoms with Crippen molar-refractivity contribution in [1.82, 2.24) is 0 Å². The van der Waals surface area contributed by atoms with Crippen LogP contribution in [0.25, 0.3) is 12.2 Å². The minimum atomic E-state index is 0.0711. The predicted octanol–water partition coefficient (Wildman–Crippen LogP) is 3.41. The Balaban J connectivity index is 3.14. The third-order valence-corrected chi connectivity index (χ3v) is 2.04. The summed E-state index contributed by atoms with van der Waals surface area (Å²) in [4.78, 5) is 0. The van der Waals surface area contributed by atoms with E-state index in [1.165, 1.54) is 0 Å². The van der Waals surface area contributed by atoms with E-state index < -0.39 is 0 Å². The Labute approximate surface area is 90.2 Å². The molecule has 0 heterocycles. The molecule has 0 saturated carbocycles. The van der Waals surface area contributed by atoms with Crippen LogP contribution in [0.4, 0.5) is 0 Å². The Morgan fingerprint density at radius 2 is 1.73 bits per heavy atom. The van der Waals surface area contributed by atoms with Crippen LogP contribution in [-0.4, -0.2) is 10.2 Å². The molecule has 2 N–H and O–H groups in total. The van der Waals surface area contributed by atoms with Crippen molar-refractivity contribution >= 4 is 12.2 Å². The van der Waals surface area contributed by atoms with Gasteiger partial charge in [-0.1, -0.05) is 38.7 Å². The van der Waals surface area contributed by atoms with E-state index in [1.54, 1.807) is 24.3 Å². The first kappa shape index (κ1) is 11.4. The summed E-state index contributed by atoms with van der Waals surface area (Å²) in [6.07, 6.45) is 5.22. The first-order chi connectivity index (χ1) is 7.04. The standard InChI is InChI=1S/C13H16O2/c1-4-10-7-12(14)11(13(15)8-10)6-5-9(2)3/h4-9,14-15H,1H2,2-3H3/b6-5+. The second-order valence-electron chi connectivity index (χ2n) is 3.78. The van der Waals surface area contributed by atoms with Gasteiger partial charge in [-0.25, -0.2) is 0 Å². The maximum atomic E-state index is 9.66. The summed E-state index contributed by atoms with van der Waals surface area (Å²) >= 11 is 0. The van der Waals surface area contributed by atoms with E-state index >= 15 is 0 Å². The van der Waals surface area contributed by atoms with Gasteiger partial charge in [0.1, 0.15) is 11.5 Å². The number of hydrogen-bond acceptors (Lipinski definition) is 2. The Bertz CT molecular complexity index is 367. The maximum absolute atomic E-state index is 9.66. The Morgan fingerprint density at radius 3 is 2.13 bits per heavy atom. The molecule has 0 unspecified atom stereocenters. The minimum Gasteiger partial charge on any atom is -0.507 e. The number of rotatable bonds is 3. The van der Waals surface area contributed by atoms with E-state index in [9.17, 15) is 10.2 Å². The molecular weight excluding hydrogens is 188 g/mol. The molecule has 0 aromatic heterocycles. The van der Waals surface area contributed by atoms with Crippen LogP contribution >= 0.6 is 0 Å². The van der Waals surface area contributed by atoms with E-state index in [0.29, 0.717) is 17.0 Å². The van der Waals surface area contributed by atoms with Gasteiger partial charge < -0.3 is 10.2 Å². The third kappa shape index (κ3) is 2.88. The topological polar surface area (TPSA) is 40.5 Å². The second-order valence-corrected chi connectivity index (χ2v) is 3.78. The summed E-state index contributed by atoms with van der Waals surface area (Å²) in [5.74, 6) is 0.520. The fourth-order valence-corrected chi connectivity index (χ4v) is 1.22. The average molecular weight is 204 g/mol. The number of phenolic OH excluding ortho intramolecular Hbond substituents is 2. The molecule has 0 fully saturated rings. The van der Waals surface area contributed by atoms with Gasteiger partial charge in [-0.15, -0.1) is 0 Å². The predicted molar refractivity (Wildman–Crippen MR) is 63.7 cm³/mol. The number of phenols is 2. The first-order valence-corrected chi connectivity index (χ1v) is 4.91. The molecule has 0 amide bonds. The average Bonchev–Trinajstić information content (AvgIpc) is 2.15. The van der Waals surface area contributed by atoms with Gasteiger partial charge >= 0.3 is 0 Å². The van der Waals surface area contributed by atoms with Gasteiger partial charge in [-0.2, -0.15) is 0 Å². The quantitative estimate of drug-likeness (QED) is 0.792. The van der Waals surface area contributed by atoms with Crippen LogP contribution in [-0.2, 0) is 0 Å². The van der Waals surface area contributed by atoms with Crippen LogP contribution in [0.5, 0.6) is 11.5 Å². The first-order valence-electron chi connectivity index (χ1n) is 4.91. The van der Waals surface area contributed by atoms with Crippen LogP contribution < -0.4 is 0 Å². The molecule has 80 valence electrons. The van der Waals surface area contributed by atoms with Crippen molar-refractivity contribution in [2.24, 2.45) is 5.92 Å². The highest BCUT2D eigenvalue weighted by molar-refractivity contribution is 5.67. The normalized spacial score (nSPS) is 11.1. The molecule has 0 atom stereocenters. The number of benzene rings is 1. The molecular formula is C13H16O2. The number of aromatic hydroxyl groups is 2. The van der Waals surface area contributed by atoms with E-state index in [2.05, 4.69) is 6.58 Å². The molecule has 0 aliphatic carbocycles. The molecule has 0 bridgehead atoms. The van der Waals surface area contributed by atoms with E-state index in [0.717, 1.165) is 0 Å². The lowest BCUT2D eigenvalue weighted by molar-refractivity contribution is 0.448. The Hall–Kier alpha value is -1.70. The van der Waals surface area contributed by atoms with Crippen molar-refractivity contribution in [1.29, 1.82) is 0 Å². The number of hydrogen-bond donors (Lipinski definition) is 2. The highest BCUT2D eigenvalue weighted by Crippen LogP contribution is 2.30. The van der Waals surface area contributed by atoms with E-state index in [-0.39, 0.29) is 11.5 Å². The SMILES string of the molecule is C=Cc1cc(O)c(/C=C/C(C)C)c(O)c1. The lowest BCUT2D eigenvalue weighted by Crippen LogP contribution is -1.82. The highest BCUT2D eigenvalue weighted by atomic mass is 16.3. The monoisotopic (exact) mass is 204 g/mol. The molecule has 1 aromatic rings. The van der Waals surface area contributed by atoms with Gasteiger partial charge in [0, 0.05) is 0 Å². The van der Waals surface area contributed by atoms with Crippen LogP contribution in [0.2, 0.25) is 0 Å². The fourth-order valence-electron chi connectivity index (χ4n) is 1.22. The molecule has 0 spiro atoms. The molecule has 15 heavy (non-hydrogen) atoms. The zero-order valence-electron chi connectivity index (χ0n) is 9.07. The van der Waals surface area contributed by atoms with Crippen molar-refractivity contribution in [3.63, 3.8) is 0 Å². The van der Waals surface area contributed by atoms with E-state index in [1.807, 2.05) is 19.9 Å². The zero-order valence-corrected chi connectivity index (χ0v) is 9.07. The van der Waals surface area contributed by atoms with Crippen molar-refractivity contribution in [3.05, 3.63) is 35.9 Å². The molecule has 2 nitrogen and oxygen atoms in total. The summed E-state index contributed by atoms with van der Waals surface area (Å²) in [6, 6.07) is 3.15. The van der Waals surface area contributed by atoms with Crippen LogP contribution in [0.3, 0.4) is 0 Å². The van der Waals surface area contributed by atoms with Gasteiger partial charge in [0.2, 0.25) is 0 Å². The van der Waals surface area contributed by atoms with Crippen molar-refractivity contribution < 1.29 is 10.2 Å². The minimum absolute atomic E-state index is 0.0711. The Kier molecular flexibility index (Phi) is 3.56. The van der Waals surface area contributed by atoms with Crippen LogP contribution in [0.1, 0.15) is 25.0 Å². The maximum Gasteiger partial charge on any atom is 0.127 e. The van der Waals surface area contributed by atoms with Gasteiger partial charge in [0.05, 0.1) is 5.56 Å². The zero-order chi connectivity index (χ0) is 11.4. The van der Waals surface area contributed by atoms with Crippen molar-refractivity contribution in [2.45, 2.75) is 13.8 Å². The van der Waals surface area contributed by atoms with Crippen molar-refractivity contribution in [3.8, 4) is 11.5 Å². The molecule has 0 aliphatic rings. The van der Waals surface area contributed by atoms with Gasteiger partial charge in [0.25, 0.3) is 0 Å². The molecule has 0 aliphatic heterocycles. The van der Waals surface area contributed by atoms with Gasteiger partial charge in [0.15, 0.2) is 0 Å². The largest absolute Gasteiger partial charge is 0.507 e. The molecule has 1 rings (SSSR count). The van der Waals surface area contributed by atoms with Gasteiger partial charge in [-0.3, -0.25) is 0 Å². The second kappa shape index (κ2) is 4.69. The molecule has 0 radical (unpaired) electrons. The summed E-state index contributed by atoms with van der Waals surface area (Å²) in [6.45, 7) is 7.64. The molecule has 1 aromatic carbocycles. The lowest BCUT2D eigenvalue weighted by atomic mass is 10.1.